The lowest BCUT2D eigenvalue weighted by atomic mass is 9.96. The van der Waals surface area contributed by atoms with Crippen molar-refractivity contribution in [1.29, 1.82) is 0 Å². The number of nitrogens with one attached hydrogen (secondary N) is 1. The van der Waals surface area contributed by atoms with Crippen molar-refractivity contribution in [3.63, 3.8) is 0 Å². The molecule has 1 aliphatic heterocycles. The second-order valence-electron chi connectivity index (χ2n) is 5.05. The van der Waals surface area contributed by atoms with E-state index in [9.17, 15) is 18.5 Å². The monoisotopic (exact) mass is 298 g/mol. The van der Waals surface area contributed by atoms with Gasteiger partial charge in [0.2, 0.25) is 10.0 Å². The minimum atomic E-state index is -3.66. The second-order valence-corrected chi connectivity index (χ2v) is 6.76. The molecule has 1 aromatic carbocycles. The predicted molar refractivity (Wildman–Crippen MR) is 69.7 cm³/mol. The molecule has 0 bridgehead atoms. The summed E-state index contributed by atoms with van der Waals surface area (Å²) in [5, 5.41) is 10.6. The molecule has 1 aromatic rings. The fourth-order valence-electron chi connectivity index (χ4n) is 2.59. The third kappa shape index (κ3) is 2.54. The van der Waals surface area contributed by atoms with E-state index in [1.807, 2.05) is 0 Å². The van der Waals surface area contributed by atoms with Crippen LogP contribution in [0.4, 0.5) is 5.69 Å². The number of rotatable bonds is 4. The highest BCUT2D eigenvalue weighted by Crippen LogP contribution is 2.37. The van der Waals surface area contributed by atoms with E-state index < -0.39 is 14.9 Å². The highest BCUT2D eigenvalue weighted by atomic mass is 32.2. The number of hydrogen-bond donors (Lipinski definition) is 1. The Morgan fingerprint density at radius 2 is 1.95 bits per heavy atom. The zero-order chi connectivity index (χ0) is 14.3. The fourth-order valence-corrected chi connectivity index (χ4v) is 3.87. The van der Waals surface area contributed by atoms with Gasteiger partial charge in [0.25, 0.3) is 5.69 Å². The van der Waals surface area contributed by atoms with Crippen molar-refractivity contribution in [2.75, 3.05) is 0 Å². The molecule has 1 saturated carbocycles. The zero-order valence-corrected chi connectivity index (χ0v) is 11.4. The lowest BCUT2D eigenvalue weighted by molar-refractivity contribution is -0.384. The molecule has 1 saturated heterocycles. The Morgan fingerprint density at radius 3 is 2.60 bits per heavy atom. The van der Waals surface area contributed by atoms with Crippen LogP contribution in [0, 0.1) is 10.1 Å². The smallest absolute Gasteiger partial charge is 0.269 e. The Morgan fingerprint density at radius 1 is 1.25 bits per heavy atom. The number of fused-ring (bicyclic) bond motifs is 1. The highest BCUT2D eigenvalue weighted by molar-refractivity contribution is 7.89. The molecule has 0 radical (unpaired) electrons. The van der Waals surface area contributed by atoms with Gasteiger partial charge in [-0.25, -0.2) is 13.1 Å². The number of hydrogen-bond acceptors (Lipinski definition) is 5. The van der Waals surface area contributed by atoms with Gasteiger partial charge in [-0.15, -0.1) is 0 Å². The van der Waals surface area contributed by atoms with Crippen LogP contribution in [0.25, 0.3) is 0 Å². The summed E-state index contributed by atoms with van der Waals surface area (Å²) in [6.45, 7) is 0. The van der Waals surface area contributed by atoms with Gasteiger partial charge in [0, 0.05) is 12.1 Å². The number of ether oxygens (including phenoxy) is 1. The molecular weight excluding hydrogens is 284 g/mol. The van der Waals surface area contributed by atoms with Crippen LogP contribution in [0.15, 0.2) is 29.2 Å². The summed E-state index contributed by atoms with van der Waals surface area (Å²) in [6, 6.07) is 4.66. The SMILES string of the molecule is O=[N+]([O-])c1ccc(S(=O)(=O)N[C@@H]2CCC[C@@H]3O[C@@H]32)cc1. The molecule has 3 atom stereocenters. The molecule has 108 valence electrons. The maximum Gasteiger partial charge on any atom is 0.269 e. The molecule has 3 rings (SSSR count). The quantitative estimate of drug-likeness (QED) is 0.511. The van der Waals surface area contributed by atoms with E-state index in [4.69, 9.17) is 4.74 Å². The lowest BCUT2D eigenvalue weighted by Gasteiger charge is -2.19. The molecule has 0 spiro atoms. The Hall–Kier alpha value is -1.51. The molecule has 2 fully saturated rings. The van der Waals surface area contributed by atoms with Gasteiger partial charge in [-0.3, -0.25) is 10.1 Å². The summed E-state index contributed by atoms with van der Waals surface area (Å²) in [7, 11) is -3.66. The Labute approximate surface area is 116 Å². The normalized spacial score (nSPS) is 28.7. The van der Waals surface area contributed by atoms with Crippen molar-refractivity contribution in [3.8, 4) is 0 Å². The van der Waals surface area contributed by atoms with Gasteiger partial charge in [0.15, 0.2) is 0 Å². The average Bonchev–Trinajstić information content (AvgIpc) is 3.19. The average molecular weight is 298 g/mol. The van der Waals surface area contributed by atoms with Crippen molar-refractivity contribution < 1.29 is 18.1 Å². The van der Waals surface area contributed by atoms with Crippen LogP contribution in [-0.2, 0) is 14.8 Å². The minimum Gasteiger partial charge on any atom is -0.368 e. The predicted octanol–water partition coefficient (Wildman–Crippen LogP) is 1.19. The first-order chi connectivity index (χ1) is 9.47. The van der Waals surface area contributed by atoms with Gasteiger partial charge in [0.1, 0.15) is 6.10 Å². The summed E-state index contributed by atoms with van der Waals surface area (Å²) < 4.78 is 32.5. The van der Waals surface area contributed by atoms with Crippen molar-refractivity contribution in [2.24, 2.45) is 0 Å². The van der Waals surface area contributed by atoms with Crippen molar-refractivity contribution in [2.45, 2.75) is 42.4 Å². The van der Waals surface area contributed by atoms with Gasteiger partial charge in [-0.1, -0.05) is 0 Å². The fraction of sp³-hybridized carbons (Fsp3) is 0.500. The van der Waals surface area contributed by atoms with Crippen molar-refractivity contribution >= 4 is 15.7 Å². The van der Waals surface area contributed by atoms with Crippen LogP contribution in [-0.4, -0.2) is 31.6 Å². The number of nitro benzene ring substituents is 1. The van der Waals surface area contributed by atoms with Gasteiger partial charge in [-0.05, 0) is 31.4 Å². The molecular formula is C12H14N2O5S. The van der Waals surface area contributed by atoms with Crippen molar-refractivity contribution in [3.05, 3.63) is 34.4 Å². The summed E-state index contributed by atoms with van der Waals surface area (Å²) >= 11 is 0. The van der Waals surface area contributed by atoms with E-state index in [2.05, 4.69) is 4.72 Å². The maximum absolute atomic E-state index is 12.2. The summed E-state index contributed by atoms with van der Waals surface area (Å²) in [4.78, 5) is 10.0. The first-order valence-corrected chi connectivity index (χ1v) is 7.88. The molecule has 1 N–H and O–H groups in total. The van der Waals surface area contributed by atoms with Gasteiger partial charge >= 0.3 is 0 Å². The second kappa shape index (κ2) is 4.80. The first kappa shape index (κ1) is 13.5. The highest BCUT2D eigenvalue weighted by Gasteiger charge is 2.48. The summed E-state index contributed by atoms with van der Waals surface area (Å²) in [6.07, 6.45) is 2.85. The van der Waals surface area contributed by atoms with E-state index in [-0.39, 0.29) is 28.8 Å². The molecule has 0 aromatic heterocycles. The van der Waals surface area contributed by atoms with Gasteiger partial charge in [-0.2, -0.15) is 0 Å². The van der Waals surface area contributed by atoms with Crippen LogP contribution in [0.5, 0.6) is 0 Å². The third-order valence-corrected chi connectivity index (χ3v) is 5.19. The summed E-state index contributed by atoms with van der Waals surface area (Å²) in [5.74, 6) is 0. The number of epoxide rings is 1. The van der Waals surface area contributed by atoms with E-state index in [0.717, 1.165) is 19.3 Å². The zero-order valence-electron chi connectivity index (χ0n) is 10.6. The molecule has 20 heavy (non-hydrogen) atoms. The van der Waals surface area contributed by atoms with Crippen LogP contribution in [0.1, 0.15) is 19.3 Å². The Kier molecular flexibility index (Phi) is 3.23. The number of sulfonamides is 1. The molecule has 0 unspecified atom stereocenters. The largest absolute Gasteiger partial charge is 0.368 e. The lowest BCUT2D eigenvalue weighted by Crippen LogP contribution is -2.41. The molecule has 0 amide bonds. The maximum atomic E-state index is 12.2. The summed E-state index contributed by atoms with van der Waals surface area (Å²) in [5.41, 5.74) is -0.132. The van der Waals surface area contributed by atoms with E-state index in [1.165, 1.54) is 24.3 Å². The third-order valence-electron chi connectivity index (χ3n) is 3.69. The molecule has 2 aliphatic rings. The first-order valence-electron chi connectivity index (χ1n) is 6.39. The molecule has 7 nitrogen and oxygen atoms in total. The van der Waals surface area contributed by atoms with Crippen LogP contribution >= 0.6 is 0 Å². The molecule has 8 heteroatoms. The number of nitrogens with zero attached hydrogens (tertiary/aromatic N) is 1. The van der Waals surface area contributed by atoms with Crippen molar-refractivity contribution in [1.82, 2.24) is 4.72 Å². The van der Waals surface area contributed by atoms with Crippen LogP contribution in [0.3, 0.4) is 0 Å². The molecule has 1 heterocycles. The topological polar surface area (TPSA) is 102 Å². The standard InChI is InChI=1S/C12H14N2O5S/c15-14(16)8-4-6-9(7-5-8)20(17,18)13-10-2-1-3-11-12(10)19-11/h4-7,10-13H,1-3H2/t10-,11+,12-/m1/s1. The minimum absolute atomic E-state index is 0.0171. The van der Waals surface area contributed by atoms with Gasteiger partial charge < -0.3 is 4.74 Å². The Balaban J connectivity index is 1.75. The van der Waals surface area contributed by atoms with E-state index in [1.54, 1.807) is 0 Å². The van der Waals surface area contributed by atoms with Gasteiger partial charge in [0.05, 0.1) is 22.0 Å². The van der Waals surface area contributed by atoms with Crippen LogP contribution in [0.2, 0.25) is 0 Å². The number of benzene rings is 1. The van der Waals surface area contributed by atoms with E-state index >= 15 is 0 Å². The van der Waals surface area contributed by atoms with E-state index in [0.29, 0.717) is 0 Å². The number of nitro groups is 1. The Bertz CT molecular complexity index is 628. The number of non-ortho nitro benzene ring substituents is 1. The van der Waals surface area contributed by atoms with Crippen LogP contribution < -0.4 is 4.72 Å². The molecule has 1 aliphatic carbocycles.